The Kier molecular flexibility index (Phi) is 9.72. The van der Waals surface area contributed by atoms with Crippen molar-refractivity contribution in [2.24, 2.45) is 0 Å². The molecule has 2 heterocycles. The summed E-state index contributed by atoms with van der Waals surface area (Å²) in [5, 5.41) is 0. The highest BCUT2D eigenvalue weighted by Gasteiger charge is 2.22. The minimum absolute atomic E-state index is 0.986. The molecule has 2 aromatic heterocycles. The molecule has 0 spiro atoms. The van der Waals surface area contributed by atoms with E-state index in [0.29, 0.717) is 0 Å². The molecule has 0 aliphatic heterocycles. The molecule has 0 fully saturated rings. The molecule has 5 aromatic carbocycles. The molecule has 0 bridgehead atoms. The van der Waals surface area contributed by atoms with Gasteiger partial charge in [-0.1, -0.05) is 89.8 Å². The third-order valence-corrected chi connectivity index (χ3v) is 10.1. The molecule has 0 amide bonds. The molecule has 7 aromatic rings. The fraction of sp³-hybridized carbons (Fsp3) is 0.304. The molecule has 0 unspecified atom stereocenters. The van der Waals surface area contributed by atoms with Gasteiger partial charge in [0, 0.05) is 22.5 Å². The minimum atomic E-state index is 0.986. The predicted octanol–water partition coefficient (Wildman–Crippen LogP) is 12.1. The number of aromatic nitrogens is 4. The van der Waals surface area contributed by atoms with Gasteiger partial charge in [-0.2, -0.15) is 0 Å². The highest BCUT2D eigenvalue weighted by molar-refractivity contribution is 5.88. The highest BCUT2D eigenvalue weighted by Crippen LogP contribution is 2.38. The van der Waals surface area contributed by atoms with Gasteiger partial charge in [-0.25, -0.2) is 9.97 Å². The summed E-state index contributed by atoms with van der Waals surface area (Å²) in [5.41, 5.74) is 17.1. The summed E-state index contributed by atoms with van der Waals surface area (Å²) in [7, 11) is 0. The molecule has 7 rings (SSSR count). The average molecular weight is 659 g/mol. The maximum atomic E-state index is 5.40. The number of rotatable bonds is 12. The first-order valence-electron chi connectivity index (χ1n) is 18.8. The van der Waals surface area contributed by atoms with Crippen molar-refractivity contribution in [3.8, 4) is 34.2 Å². The average Bonchev–Trinajstić information content (AvgIpc) is 3.68. The SMILES string of the molecule is CCCc1cc2nc(-c3cc(C)c(-c4nc5cc(CCC)c(CCC)cc5n4-c4ccccc4)cc3C)n(-c3ccccc3)c2cc1CCC. The normalized spacial score (nSPS) is 11.6. The predicted molar refractivity (Wildman–Crippen MR) is 212 cm³/mol. The molecular weight excluding hydrogens is 609 g/mol. The van der Waals surface area contributed by atoms with Crippen molar-refractivity contribution >= 4 is 22.1 Å². The number of benzene rings is 5. The Morgan fingerprint density at radius 2 is 0.780 bits per heavy atom. The van der Waals surface area contributed by atoms with E-state index in [0.717, 1.165) is 96.6 Å². The van der Waals surface area contributed by atoms with Crippen LogP contribution in [0.15, 0.2) is 97.1 Å². The van der Waals surface area contributed by atoms with E-state index in [2.05, 4.69) is 148 Å². The molecule has 0 saturated heterocycles. The second kappa shape index (κ2) is 14.5. The van der Waals surface area contributed by atoms with Crippen molar-refractivity contribution < 1.29 is 0 Å². The first-order chi connectivity index (χ1) is 24.4. The van der Waals surface area contributed by atoms with Gasteiger partial charge in [0.2, 0.25) is 0 Å². The quantitative estimate of drug-likeness (QED) is 0.131. The van der Waals surface area contributed by atoms with Crippen LogP contribution in [0.1, 0.15) is 86.8 Å². The summed E-state index contributed by atoms with van der Waals surface area (Å²) in [5.74, 6) is 1.97. The number of para-hydroxylation sites is 2. The molecule has 4 nitrogen and oxygen atoms in total. The highest BCUT2D eigenvalue weighted by atomic mass is 15.1. The molecular formula is C46H50N4. The Morgan fingerprint density at radius 3 is 1.12 bits per heavy atom. The van der Waals surface area contributed by atoms with E-state index >= 15 is 0 Å². The van der Waals surface area contributed by atoms with E-state index in [9.17, 15) is 0 Å². The summed E-state index contributed by atoms with van der Waals surface area (Å²) in [6.07, 6.45) is 8.82. The van der Waals surface area contributed by atoms with Crippen LogP contribution in [0.4, 0.5) is 0 Å². The van der Waals surface area contributed by atoms with Gasteiger partial charge < -0.3 is 0 Å². The summed E-state index contributed by atoms with van der Waals surface area (Å²) in [4.78, 5) is 10.8. The summed E-state index contributed by atoms with van der Waals surface area (Å²) in [6, 6.07) is 35.6. The molecule has 4 heteroatoms. The molecule has 0 saturated carbocycles. The van der Waals surface area contributed by atoms with E-state index in [-0.39, 0.29) is 0 Å². The Balaban J connectivity index is 1.45. The first-order valence-corrected chi connectivity index (χ1v) is 18.8. The van der Waals surface area contributed by atoms with Crippen LogP contribution in [0.3, 0.4) is 0 Å². The number of aryl methyl sites for hydroxylation is 6. The van der Waals surface area contributed by atoms with Crippen molar-refractivity contribution in [3.63, 3.8) is 0 Å². The topological polar surface area (TPSA) is 35.6 Å². The van der Waals surface area contributed by atoms with E-state index in [1.54, 1.807) is 0 Å². The summed E-state index contributed by atoms with van der Waals surface area (Å²) in [6.45, 7) is 13.5. The fourth-order valence-corrected chi connectivity index (χ4v) is 7.76. The zero-order valence-electron chi connectivity index (χ0n) is 30.7. The van der Waals surface area contributed by atoms with Gasteiger partial charge in [-0.3, -0.25) is 9.13 Å². The maximum absolute atomic E-state index is 5.40. The van der Waals surface area contributed by atoms with E-state index in [1.807, 2.05) is 0 Å². The summed E-state index contributed by atoms with van der Waals surface area (Å²) < 4.78 is 4.74. The monoisotopic (exact) mass is 658 g/mol. The summed E-state index contributed by atoms with van der Waals surface area (Å²) >= 11 is 0. The van der Waals surface area contributed by atoms with Crippen molar-refractivity contribution in [3.05, 3.63) is 130 Å². The van der Waals surface area contributed by atoms with Crippen LogP contribution in [0, 0.1) is 13.8 Å². The van der Waals surface area contributed by atoms with Crippen molar-refractivity contribution in [1.82, 2.24) is 19.1 Å². The van der Waals surface area contributed by atoms with Crippen LogP contribution in [0.2, 0.25) is 0 Å². The molecule has 50 heavy (non-hydrogen) atoms. The number of hydrogen-bond donors (Lipinski definition) is 0. The van der Waals surface area contributed by atoms with Crippen LogP contribution in [-0.2, 0) is 25.7 Å². The zero-order chi connectivity index (χ0) is 34.8. The third-order valence-electron chi connectivity index (χ3n) is 10.1. The largest absolute Gasteiger partial charge is 0.292 e. The Hall–Kier alpha value is -4.96. The number of hydrogen-bond acceptors (Lipinski definition) is 2. The van der Waals surface area contributed by atoms with Gasteiger partial charge in [-0.15, -0.1) is 0 Å². The molecule has 0 radical (unpaired) electrons. The van der Waals surface area contributed by atoms with Gasteiger partial charge in [-0.05, 0) is 134 Å². The van der Waals surface area contributed by atoms with Crippen LogP contribution in [-0.4, -0.2) is 19.1 Å². The van der Waals surface area contributed by atoms with Gasteiger partial charge >= 0.3 is 0 Å². The van der Waals surface area contributed by atoms with Gasteiger partial charge in [0.05, 0.1) is 22.1 Å². The van der Waals surface area contributed by atoms with Gasteiger partial charge in [0.1, 0.15) is 11.6 Å². The Bertz CT molecular complexity index is 2110. The smallest absolute Gasteiger partial charge is 0.146 e. The first kappa shape index (κ1) is 33.5. The van der Waals surface area contributed by atoms with Crippen molar-refractivity contribution in [2.45, 2.75) is 92.9 Å². The molecule has 254 valence electrons. The standard InChI is InChI=1S/C46H50N4/c1-7-17-33-27-41-43(29-35(33)19-9-3)49(37-21-13-11-14-22-37)45(47-41)39-25-32(6)40(26-31(39)5)46-48-42-28-34(18-8-2)36(20-10-4)30-44(42)50(46)38-23-15-12-16-24-38/h11-16,21-30H,7-10,17-20H2,1-6H3. The van der Waals surface area contributed by atoms with E-state index < -0.39 is 0 Å². The van der Waals surface area contributed by atoms with Crippen LogP contribution < -0.4 is 0 Å². The number of fused-ring (bicyclic) bond motifs is 2. The number of nitrogens with zero attached hydrogens (tertiary/aromatic N) is 4. The molecule has 0 atom stereocenters. The second-order valence-electron chi connectivity index (χ2n) is 13.9. The van der Waals surface area contributed by atoms with Crippen LogP contribution >= 0.6 is 0 Å². The van der Waals surface area contributed by atoms with Crippen LogP contribution in [0.25, 0.3) is 56.2 Å². The third kappa shape index (κ3) is 6.17. The lowest BCUT2D eigenvalue weighted by atomic mass is 9.98. The molecule has 0 aliphatic carbocycles. The van der Waals surface area contributed by atoms with Gasteiger partial charge in [0.15, 0.2) is 0 Å². The Labute approximate surface area is 297 Å². The van der Waals surface area contributed by atoms with Crippen molar-refractivity contribution in [1.29, 1.82) is 0 Å². The van der Waals surface area contributed by atoms with Crippen LogP contribution in [0.5, 0.6) is 0 Å². The lowest BCUT2D eigenvalue weighted by Crippen LogP contribution is -2.02. The minimum Gasteiger partial charge on any atom is -0.292 e. The van der Waals surface area contributed by atoms with Crippen molar-refractivity contribution in [2.75, 3.05) is 0 Å². The Morgan fingerprint density at radius 1 is 0.440 bits per heavy atom. The second-order valence-corrected chi connectivity index (χ2v) is 13.9. The van der Waals surface area contributed by atoms with Gasteiger partial charge in [0.25, 0.3) is 0 Å². The van der Waals surface area contributed by atoms with E-state index in [4.69, 9.17) is 9.97 Å². The molecule has 0 aliphatic rings. The molecule has 0 N–H and O–H groups in total. The number of imidazole rings is 2. The zero-order valence-corrected chi connectivity index (χ0v) is 30.7. The van der Waals surface area contributed by atoms with E-state index in [1.165, 1.54) is 44.4 Å². The maximum Gasteiger partial charge on any atom is 0.146 e. The lowest BCUT2D eigenvalue weighted by Gasteiger charge is -2.16. The fourth-order valence-electron chi connectivity index (χ4n) is 7.76. The lowest BCUT2D eigenvalue weighted by molar-refractivity contribution is 0.863.